The zero-order valence-corrected chi connectivity index (χ0v) is 18.6. The normalized spacial score (nSPS) is 11.9. The molecule has 0 atom stereocenters. The number of aliphatic carboxylic acids is 1. The van der Waals surface area contributed by atoms with Crippen LogP contribution >= 0.6 is 0 Å². The van der Waals surface area contributed by atoms with Crippen molar-refractivity contribution >= 4 is 23.7 Å². The molecule has 7 nitrogen and oxygen atoms in total. The number of carbonyl (C=O) groups is 3. The lowest BCUT2D eigenvalue weighted by molar-refractivity contribution is -0.137. The lowest BCUT2D eigenvalue weighted by Crippen LogP contribution is -2.26. The number of hydrogen-bond donors (Lipinski definition) is 3. The van der Waals surface area contributed by atoms with Crippen molar-refractivity contribution < 1.29 is 24.2 Å². The minimum Gasteiger partial charge on any atom is -0.481 e. The first-order valence-corrected chi connectivity index (χ1v) is 11.2. The molecule has 3 aromatic rings. The summed E-state index contributed by atoms with van der Waals surface area (Å²) >= 11 is 0. The monoisotopic (exact) mass is 458 g/mol. The van der Waals surface area contributed by atoms with E-state index in [-0.39, 0.29) is 31.3 Å². The SMILES string of the molecule is O=C(O)CCCNC(=O)Cc1cccc(NC(=O)OCC2c3ccccc3-c3ccccc32)c1. The van der Waals surface area contributed by atoms with Crippen LogP contribution in [0.4, 0.5) is 10.5 Å². The summed E-state index contributed by atoms with van der Waals surface area (Å²) in [5, 5.41) is 14.1. The third-order valence-corrected chi connectivity index (χ3v) is 5.77. The zero-order chi connectivity index (χ0) is 23.9. The highest BCUT2D eigenvalue weighted by Gasteiger charge is 2.29. The molecule has 0 saturated carbocycles. The second-order valence-corrected chi connectivity index (χ2v) is 8.17. The third-order valence-electron chi connectivity index (χ3n) is 5.77. The number of nitrogens with one attached hydrogen (secondary N) is 2. The highest BCUT2D eigenvalue weighted by atomic mass is 16.5. The minimum atomic E-state index is -0.888. The maximum absolute atomic E-state index is 12.5. The van der Waals surface area contributed by atoms with Crippen LogP contribution in [0.5, 0.6) is 0 Å². The molecule has 174 valence electrons. The predicted octanol–water partition coefficient (Wildman–Crippen LogP) is 4.57. The second kappa shape index (κ2) is 10.7. The molecule has 7 heteroatoms. The molecule has 2 amide bonds. The Hall–Kier alpha value is -4.13. The molecule has 0 saturated heterocycles. The second-order valence-electron chi connectivity index (χ2n) is 8.17. The van der Waals surface area contributed by atoms with Gasteiger partial charge in [-0.2, -0.15) is 0 Å². The number of ether oxygens (including phenoxy) is 1. The van der Waals surface area contributed by atoms with E-state index in [1.54, 1.807) is 24.3 Å². The van der Waals surface area contributed by atoms with E-state index in [4.69, 9.17) is 9.84 Å². The molecular formula is C27H26N2O5. The molecule has 4 rings (SSSR count). The van der Waals surface area contributed by atoms with Crippen LogP contribution in [0.3, 0.4) is 0 Å². The lowest BCUT2D eigenvalue weighted by atomic mass is 9.98. The van der Waals surface area contributed by atoms with Crippen LogP contribution in [0.2, 0.25) is 0 Å². The van der Waals surface area contributed by atoms with Gasteiger partial charge < -0.3 is 15.2 Å². The van der Waals surface area contributed by atoms with Gasteiger partial charge in [-0.25, -0.2) is 4.79 Å². The Balaban J connectivity index is 1.31. The number of benzene rings is 3. The van der Waals surface area contributed by atoms with Crippen LogP contribution in [0, 0.1) is 0 Å². The van der Waals surface area contributed by atoms with Crippen LogP contribution in [-0.2, 0) is 20.7 Å². The highest BCUT2D eigenvalue weighted by Crippen LogP contribution is 2.44. The summed E-state index contributed by atoms with van der Waals surface area (Å²) in [6, 6.07) is 23.3. The fourth-order valence-electron chi connectivity index (χ4n) is 4.23. The van der Waals surface area contributed by atoms with E-state index in [0.29, 0.717) is 18.7 Å². The van der Waals surface area contributed by atoms with Crippen LogP contribution in [0.25, 0.3) is 11.1 Å². The number of rotatable bonds is 9. The Kier molecular flexibility index (Phi) is 7.22. The van der Waals surface area contributed by atoms with Gasteiger partial charge in [-0.15, -0.1) is 0 Å². The fraction of sp³-hybridized carbons (Fsp3) is 0.222. The number of carbonyl (C=O) groups excluding carboxylic acids is 2. The summed E-state index contributed by atoms with van der Waals surface area (Å²) in [4.78, 5) is 35.1. The van der Waals surface area contributed by atoms with E-state index in [2.05, 4.69) is 34.9 Å². The molecule has 0 bridgehead atoms. The first-order valence-electron chi connectivity index (χ1n) is 11.2. The molecule has 0 aliphatic heterocycles. The highest BCUT2D eigenvalue weighted by molar-refractivity contribution is 5.86. The molecular weight excluding hydrogens is 432 g/mol. The van der Waals surface area contributed by atoms with Gasteiger partial charge in [0.15, 0.2) is 0 Å². The van der Waals surface area contributed by atoms with E-state index >= 15 is 0 Å². The fourth-order valence-corrected chi connectivity index (χ4v) is 4.23. The molecule has 0 unspecified atom stereocenters. The van der Waals surface area contributed by atoms with Gasteiger partial charge in [0.1, 0.15) is 6.61 Å². The first kappa shape index (κ1) is 23.0. The Bertz CT molecular complexity index is 1160. The molecule has 0 radical (unpaired) electrons. The quantitative estimate of drug-likeness (QED) is 0.408. The average molecular weight is 459 g/mol. The standard InChI is InChI=1S/C27H26N2O5/c30-25(28-14-6-13-26(31)32)16-18-7-5-8-19(15-18)29-27(33)34-17-24-22-11-3-1-9-20(22)21-10-2-4-12-23(21)24/h1-5,7-12,15,24H,6,13-14,16-17H2,(H,28,30)(H,29,33)(H,31,32). The van der Waals surface area contributed by atoms with Crippen molar-refractivity contribution in [1.29, 1.82) is 0 Å². The lowest BCUT2D eigenvalue weighted by Gasteiger charge is -2.15. The summed E-state index contributed by atoms with van der Waals surface area (Å²) in [5.74, 6) is -1.11. The molecule has 3 aromatic carbocycles. The van der Waals surface area contributed by atoms with Gasteiger partial charge in [-0.05, 0) is 46.4 Å². The van der Waals surface area contributed by atoms with Crippen molar-refractivity contribution in [3.63, 3.8) is 0 Å². The van der Waals surface area contributed by atoms with Gasteiger partial charge in [0.2, 0.25) is 5.91 Å². The Labute approximate surface area is 197 Å². The number of fused-ring (bicyclic) bond motifs is 3. The smallest absolute Gasteiger partial charge is 0.411 e. The van der Waals surface area contributed by atoms with Crippen LogP contribution < -0.4 is 10.6 Å². The van der Waals surface area contributed by atoms with Crippen molar-refractivity contribution in [1.82, 2.24) is 5.32 Å². The summed E-state index contributed by atoms with van der Waals surface area (Å²) in [5.41, 5.74) is 5.89. The van der Waals surface area contributed by atoms with E-state index in [0.717, 1.165) is 16.7 Å². The number of amides is 2. The maximum atomic E-state index is 12.5. The molecule has 0 spiro atoms. The molecule has 0 heterocycles. The molecule has 34 heavy (non-hydrogen) atoms. The van der Waals surface area contributed by atoms with E-state index in [9.17, 15) is 14.4 Å². The average Bonchev–Trinajstić information content (AvgIpc) is 3.14. The van der Waals surface area contributed by atoms with Gasteiger partial charge >= 0.3 is 12.1 Å². The molecule has 3 N–H and O–H groups in total. The van der Waals surface area contributed by atoms with Crippen molar-refractivity contribution in [2.45, 2.75) is 25.2 Å². The van der Waals surface area contributed by atoms with Gasteiger partial charge in [0.25, 0.3) is 0 Å². The molecule has 1 aliphatic carbocycles. The van der Waals surface area contributed by atoms with Crippen molar-refractivity contribution in [2.75, 3.05) is 18.5 Å². The number of carboxylic acids is 1. The third kappa shape index (κ3) is 5.61. The first-order chi connectivity index (χ1) is 16.5. The molecule has 1 aliphatic rings. The summed E-state index contributed by atoms with van der Waals surface area (Å²) in [6.45, 7) is 0.529. The van der Waals surface area contributed by atoms with Crippen LogP contribution in [-0.4, -0.2) is 36.2 Å². The zero-order valence-electron chi connectivity index (χ0n) is 18.6. The summed E-state index contributed by atoms with van der Waals surface area (Å²) < 4.78 is 5.57. The Morgan fingerprint density at radius 3 is 2.24 bits per heavy atom. The minimum absolute atomic E-state index is 0.0137. The maximum Gasteiger partial charge on any atom is 0.411 e. The van der Waals surface area contributed by atoms with Gasteiger partial charge in [0.05, 0.1) is 6.42 Å². The van der Waals surface area contributed by atoms with Gasteiger partial charge in [-0.3, -0.25) is 14.9 Å². The van der Waals surface area contributed by atoms with Crippen molar-refractivity contribution in [2.24, 2.45) is 0 Å². The largest absolute Gasteiger partial charge is 0.481 e. The van der Waals surface area contributed by atoms with Crippen molar-refractivity contribution in [3.8, 4) is 11.1 Å². The van der Waals surface area contributed by atoms with Crippen molar-refractivity contribution in [3.05, 3.63) is 89.5 Å². The summed E-state index contributed by atoms with van der Waals surface area (Å²) in [7, 11) is 0. The topological polar surface area (TPSA) is 105 Å². The van der Waals surface area contributed by atoms with Gasteiger partial charge in [0, 0.05) is 24.6 Å². The Morgan fingerprint density at radius 2 is 1.56 bits per heavy atom. The molecule has 0 aromatic heterocycles. The van der Waals surface area contributed by atoms with E-state index in [1.807, 2.05) is 24.3 Å². The predicted molar refractivity (Wildman–Crippen MR) is 129 cm³/mol. The number of anilines is 1. The summed E-state index contributed by atoms with van der Waals surface area (Å²) in [6.07, 6.45) is -0.0329. The van der Waals surface area contributed by atoms with Gasteiger partial charge in [-0.1, -0.05) is 60.7 Å². The number of carboxylic acid groups (broad SMARTS) is 1. The van der Waals surface area contributed by atoms with Crippen LogP contribution in [0.15, 0.2) is 72.8 Å². The van der Waals surface area contributed by atoms with Crippen LogP contribution in [0.1, 0.15) is 35.4 Å². The van der Waals surface area contributed by atoms with E-state index in [1.165, 1.54) is 11.1 Å². The van der Waals surface area contributed by atoms with E-state index < -0.39 is 12.1 Å². The number of hydrogen-bond acceptors (Lipinski definition) is 4. The molecule has 0 fully saturated rings. The Morgan fingerprint density at radius 1 is 0.882 bits per heavy atom.